The van der Waals surface area contributed by atoms with Crippen LogP contribution < -0.4 is 14.4 Å². The summed E-state index contributed by atoms with van der Waals surface area (Å²) in [5.41, 5.74) is 1.40. The second kappa shape index (κ2) is 11.2. The summed E-state index contributed by atoms with van der Waals surface area (Å²) < 4.78 is 12.0. The lowest BCUT2D eigenvalue weighted by Crippen LogP contribution is -2.33. The molecule has 162 valence electrons. The molecule has 0 spiro atoms. The zero-order valence-corrected chi connectivity index (χ0v) is 19.4. The molecule has 3 rings (SSSR count). The third-order valence-corrected chi connectivity index (χ3v) is 5.50. The SMILES string of the molecule is CCOc1ccc2nc(N(CCCN(C)C)C(=O)c3ccccc3OC)sc2c1.Cl. The molecule has 8 heteroatoms. The van der Waals surface area contributed by atoms with Crippen LogP contribution in [0.15, 0.2) is 42.5 Å². The van der Waals surface area contributed by atoms with Gasteiger partial charge in [0, 0.05) is 6.54 Å². The first-order chi connectivity index (χ1) is 14.0. The molecule has 0 aliphatic rings. The number of halogens is 1. The molecule has 0 aliphatic carbocycles. The number of thiazole rings is 1. The Bertz CT molecular complexity index is 977. The maximum atomic E-state index is 13.4. The lowest BCUT2D eigenvalue weighted by Gasteiger charge is -2.22. The van der Waals surface area contributed by atoms with E-state index in [1.54, 1.807) is 24.1 Å². The number of fused-ring (bicyclic) bond motifs is 1. The number of benzene rings is 2. The molecule has 3 aromatic rings. The van der Waals surface area contributed by atoms with Crippen LogP contribution in [0.25, 0.3) is 10.2 Å². The number of para-hydroxylation sites is 1. The number of hydrogen-bond acceptors (Lipinski definition) is 6. The zero-order valence-electron chi connectivity index (χ0n) is 17.8. The smallest absolute Gasteiger partial charge is 0.263 e. The second-order valence-electron chi connectivity index (χ2n) is 6.87. The first-order valence-electron chi connectivity index (χ1n) is 9.66. The molecule has 0 radical (unpaired) electrons. The third-order valence-electron chi connectivity index (χ3n) is 4.46. The molecule has 2 aromatic carbocycles. The number of methoxy groups -OCH3 is 1. The van der Waals surface area contributed by atoms with E-state index in [-0.39, 0.29) is 18.3 Å². The Kier molecular flexibility index (Phi) is 8.89. The standard InChI is InChI=1S/C22H27N3O3S.ClH/c1-5-28-16-11-12-18-20(15-16)29-22(23-18)25(14-8-13-24(2)3)21(26)17-9-6-7-10-19(17)27-4;/h6-7,9-12,15H,5,8,13-14H2,1-4H3;1H. The van der Waals surface area contributed by atoms with Gasteiger partial charge >= 0.3 is 0 Å². The molecule has 0 bridgehead atoms. The molecule has 0 unspecified atom stereocenters. The minimum atomic E-state index is -0.106. The van der Waals surface area contributed by atoms with Crippen molar-refractivity contribution in [1.82, 2.24) is 9.88 Å². The fourth-order valence-corrected chi connectivity index (χ4v) is 4.08. The molecule has 0 N–H and O–H groups in total. The minimum absolute atomic E-state index is 0. The van der Waals surface area contributed by atoms with Crippen molar-refractivity contribution >= 4 is 45.0 Å². The molecular weight excluding hydrogens is 422 g/mol. The highest BCUT2D eigenvalue weighted by Crippen LogP contribution is 2.33. The van der Waals surface area contributed by atoms with Gasteiger partial charge in [0.15, 0.2) is 5.13 Å². The highest BCUT2D eigenvalue weighted by atomic mass is 35.5. The maximum Gasteiger partial charge on any atom is 0.263 e. The number of nitrogens with zero attached hydrogens (tertiary/aromatic N) is 3. The molecule has 0 saturated carbocycles. The largest absolute Gasteiger partial charge is 0.496 e. The Morgan fingerprint density at radius 1 is 1.13 bits per heavy atom. The maximum absolute atomic E-state index is 13.4. The Morgan fingerprint density at radius 2 is 1.90 bits per heavy atom. The van der Waals surface area contributed by atoms with Crippen molar-refractivity contribution in [1.29, 1.82) is 0 Å². The van der Waals surface area contributed by atoms with E-state index in [4.69, 9.17) is 14.5 Å². The van der Waals surface area contributed by atoms with Gasteiger partial charge < -0.3 is 14.4 Å². The van der Waals surface area contributed by atoms with Gasteiger partial charge in [-0.3, -0.25) is 9.69 Å². The molecule has 30 heavy (non-hydrogen) atoms. The normalized spacial score (nSPS) is 10.7. The lowest BCUT2D eigenvalue weighted by atomic mass is 10.1. The van der Waals surface area contributed by atoms with E-state index in [0.717, 1.165) is 28.9 Å². The molecule has 0 aliphatic heterocycles. The molecule has 1 heterocycles. The summed E-state index contributed by atoms with van der Waals surface area (Å²) >= 11 is 1.50. The number of ether oxygens (including phenoxy) is 2. The quantitative estimate of drug-likeness (QED) is 0.473. The van der Waals surface area contributed by atoms with Crippen LogP contribution in [0.4, 0.5) is 5.13 Å². The van der Waals surface area contributed by atoms with Gasteiger partial charge in [0.1, 0.15) is 11.5 Å². The van der Waals surface area contributed by atoms with Crippen molar-refractivity contribution in [3.05, 3.63) is 48.0 Å². The van der Waals surface area contributed by atoms with E-state index in [0.29, 0.717) is 29.6 Å². The van der Waals surface area contributed by atoms with E-state index in [1.165, 1.54) is 11.3 Å². The van der Waals surface area contributed by atoms with Crippen molar-refractivity contribution in [2.45, 2.75) is 13.3 Å². The predicted octanol–water partition coefficient (Wildman–Crippen LogP) is 4.72. The van der Waals surface area contributed by atoms with Crippen molar-refractivity contribution in [2.75, 3.05) is 45.8 Å². The van der Waals surface area contributed by atoms with Crippen molar-refractivity contribution in [3.8, 4) is 11.5 Å². The van der Waals surface area contributed by atoms with Gasteiger partial charge in [-0.05, 0) is 64.3 Å². The number of rotatable bonds is 9. The Morgan fingerprint density at radius 3 is 2.60 bits per heavy atom. The predicted molar refractivity (Wildman–Crippen MR) is 126 cm³/mol. The van der Waals surface area contributed by atoms with Crippen LogP contribution in [0.1, 0.15) is 23.7 Å². The summed E-state index contributed by atoms with van der Waals surface area (Å²) in [4.78, 5) is 22.0. The summed E-state index contributed by atoms with van der Waals surface area (Å²) in [5, 5.41) is 0.684. The van der Waals surface area contributed by atoms with E-state index >= 15 is 0 Å². The molecule has 0 fully saturated rings. The number of aromatic nitrogens is 1. The highest BCUT2D eigenvalue weighted by molar-refractivity contribution is 7.22. The van der Waals surface area contributed by atoms with Gasteiger partial charge in [-0.15, -0.1) is 12.4 Å². The van der Waals surface area contributed by atoms with E-state index in [1.807, 2.05) is 51.4 Å². The summed E-state index contributed by atoms with van der Waals surface area (Å²) in [6, 6.07) is 13.1. The number of carbonyl (C=O) groups excluding carboxylic acids is 1. The molecule has 0 saturated heterocycles. The summed E-state index contributed by atoms with van der Waals surface area (Å²) in [7, 11) is 5.63. The molecule has 1 amide bonds. The summed E-state index contributed by atoms with van der Waals surface area (Å²) in [5.74, 6) is 1.27. The van der Waals surface area contributed by atoms with Crippen molar-refractivity contribution < 1.29 is 14.3 Å². The Balaban J connectivity index is 0.00000320. The van der Waals surface area contributed by atoms with Crippen LogP contribution in [0.3, 0.4) is 0 Å². The molecule has 1 aromatic heterocycles. The number of amides is 1. The van der Waals surface area contributed by atoms with Gasteiger partial charge in [-0.2, -0.15) is 0 Å². The fourth-order valence-electron chi connectivity index (χ4n) is 3.06. The molecule has 0 atom stereocenters. The summed E-state index contributed by atoms with van der Waals surface area (Å²) in [6.45, 7) is 4.03. The summed E-state index contributed by atoms with van der Waals surface area (Å²) in [6.07, 6.45) is 0.841. The van der Waals surface area contributed by atoms with Gasteiger partial charge in [0.05, 0.1) is 29.5 Å². The van der Waals surface area contributed by atoms with Crippen molar-refractivity contribution in [3.63, 3.8) is 0 Å². The van der Waals surface area contributed by atoms with Gasteiger partial charge in [-0.1, -0.05) is 23.5 Å². The third kappa shape index (κ3) is 5.62. The van der Waals surface area contributed by atoms with Crippen LogP contribution in [0.5, 0.6) is 11.5 Å². The zero-order chi connectivity index (χ0) is 20.8. The first-order valence-corrected chi connectivity index (χ1v) is 10.5. The Labute approximate surface area is 187 Å². The molecular formula is C22H28ClN3O3S. The number of hydrogen-bond donors (Lipinski definition) is 0. The van der Waals surface area contributed by atoms with Gasteiger partial charge in [0.2, 0.25) is 0 Å². The molecule has 6 nitrogen and oxygen atoms in total. The number of carbonyl (C=O) groups is 1. The van der Waals surface area contributed by atoms with Crippen LogP contribution in [-0.4, -0.2) is 56.7 Å². The van der Waals surface area contributed by atoms with Crippen molar-refractivity contribution in [2.24, 2.45) is 0 Å². The first kappa shape index (κ1) is 23.9. The fraction of sp³-hybridized carbons (Fsp3) is 0.364. The van der Waals surface area contributed by atoms with E-state index in [2.05, 4.69) is 4.90 Å². The Hall–Kier alpha value is -2.35. The van der Waals surface area contributed by atoms with Gasteiger partial charge in [-0.25, -0.2) is 4.98 Å². The second-order valence-corrected chi connectivity index (χ2v) is 7.88. The monoisotopic (exact) mass is 449 g/mol. The average Bonchev–Trinajstić information content (AvgIpc) is 3.13. The van der Waals surface area contributed by atoms with E-state index in [9.17, 15) is 4.79 Å². The average molecular weight is 450 g/mol. The van der Waals surface area contributed by atoms with Crippen LogP contribution in [0.2, 0.25) is 0 Å². The van der Waals surface area contributed by atoms with Crippen LogP contribution in [0, 0.1) is 0 Å². The topological polar surface area (TPSA) is 54.9 Å². The van der Waals surface area contributed by atoms with Crippen LogP contribution >= 0.6 is 23.7 Å². The van der Waals surface area contributed by atoms with E-state index < -0.39 is 0 Å². The minimum Gasteiger partial charge on any atom is -0.496 e. The highest BCUT2D eigenvalue weighted by Gasteiger charge is 2.23. The lowest BCUT2D eigenvalue weighted by molar-refractivity contribution is 0.0983. The van der Waals surface area contributed by atoms with Crippen LogP contribution in [-0.2, 0) is 0 Å². The number of anilines is 1. The van der Waals surface area contributed by atoms with Gasteiger partial charge in [0.25, 0.3) is 5.91 Å².